The minimum atomic E-state index is -0.474. The summed E-state index contributed by atoms with van der Waals surface area (Å²) in [6, 6.07) is 4.68. The summed E-state index contributed by atoms with van der Waals surface area (Å²) in [6.45, 7) is 4.34. The molecule has 1 aliphatic rings. The average molecular weight is 547 g/mol. The molecular formula is C27H28F2N10O. The number of aromatic nitrogens is 7. The fraction of sp³-hybridized carbons (Fsp3) is 0.333. The SMILES string of the molecule is Cc1ncc(NC(=N)C2(C)CCN(c3nc4[nH]nc(-c5ccc6nn(C)cc6c5F)c4nc3CO)CC2)cc1F. The Morgan fingerprint density at radius 2 is 2.00 bits per heavy atom. The van der Waals surface area contributed by atoms with Gasteiger partial charge in [-0.05, 0) is 31.9 Å². The first-order valence-electron chi connectivity index (χ1n) is 12.9. The topological polar surface area (TPSA) is 145 Å². The van der Waals surface area contributed by atoms with Crippen molar-refractivity contribution in [2.24, 2.45) is 12.5 Å². The zero-order valence-electron chi connectivity index (χ0n) is 22.3. The molecule has 1 saturated heterocycles. The molecule has 5 heterocycles. The number of aryl methyl sites for hydroxylation is 2. The number of amidine groups is 1. The van der Waals surface area contributed by atoms with Gasteiger partial charge in [-0.1, -0.05) is 6.92 Å². The number of H-pyrrole nitrogens is 1. The molecule has 1 aromatic carbocycles. The minimum absolute atomic E-state index is 0.265. The van der Waals surface area contributed by atoms with Crippen LogP contribution < -0.4 is 10.2 Å². The van der Waals surface area contributed by atoms with Gasteiger partial charge in [0, 0.05) is 43.4 Å². The first kappa shape index (κ1) is 25.7. The third-order valence-electron chi connectivity index (χ3n) is 7.65. The fourth-order valence-electron chi connectivity index (χ4n) is 5.11. The maximum Gasteiger partial charge on any atom is 0.177 e. The molecule has 0 aliphatic carbocycles. The van der Waals surface area contributed by atoms with Crippen LogP contribution in [0.4, 0.5) is 20.3 Å². The Hall–Kier alpha value is -4.52. The lowest BCUT2D eigenvalue weighted by atomic mass is 9.79. The number of aliphatic hydroxyl groups excluding tert-OH is 1. The molecular weight excluding hydrogens is 518 g/mol. The molecule has 0 unspecified atom stereocenters. The number of pyridine rings is 1. The maximum absolute atomic E-state index is 15.4. The highest BCUT2D eigenvalue weighted by atomic mass is 19.1. The number of hydrogen-bond acceptors (Lipinski definition) is 8. The van der Waals surface area contributed by atoms with Crippen LogP contribution in [0.3, 0.4) is 0 Å². The number of nitrogens with zero attached hydrogens (tertiary/aromatic N) is 7. The van der Waals surface area contributed by atoms with Gasteiger partial charge in [-0.2, -0.15) is 10.2 Å². The van der Waals surface area contributed by atoms with E-state index in [4.69, 9.17) is 10.4 Å². The number of benzene rings is 1. The zero-order valence-corrected chi connectivity index (χ0v) is 22.3. The predicted molar refractivity (Wildman–Crippen MR) is 147 cm³/mol. The van der Waals surface area contributed by atoms with Crippen LogP contribution in [0, 0.1) is 29.4 Å². The molecule has 4 N–H and O–H groups in total. The summed E-state index contributed by atoms with van der Waals surface area (Å²) < 4.78 is 30.9. The van der Waals surface area contributed by atoms with Crippen LogP contribution in [0.25, 0.3) is 33.3 Å². The van der Waals surface area contributed by atoms with Crippen molar-refractivity contribution in [2.75, 3.05) is 23.3 Å². The van der Waals surface area contributed by atoms with Crippen molar-refractivity contribution in [2.45, 2.75) is 33.3 Å². The number of hydrogen-bond donors (Lipinski definition) is 4. The number of anilines is 2. The summed E-state index contributed by atoms with van der Waals surface area (Å²) in [5.74, 6) is -0.0803. The second kappa shape index (κ2) is 9.59. The Balaban J connectivity index is 1.25. The van der Waals surface area contributed by atoms with Gasteiger partial charge in [-0.15, -0.1) is 0 Å². The lowest BCUT2D eigenvalue weighted by molar-refractivity contribution is 0.276. The molecule has 206 valence electrons. The van der Waals surface area contributed by atoms with Crippen LogP contribution in [-0.4, -0.2) is 59.0 Å². The van der Waals surface area contributed by atoms with E-state index in [0.29, 0.717) is 76.6 Å². The van der Waals surface area contributed by atoms with E-state index >= 15 is 4.39 Å². The van der Waals surface area contributed by atoms with E-state index in [1.54, 1.807) is 37.0 Å². The molecule has 5 aromatic rings. The Morgan fingerprint density at radius 3 is 2.73 bits per heavy atom. The van der Waals surface area contributed by atoms with Crippen molar-refractivity contribution >= 4 is 39.4 Å². The summed E-state index contributed by atoms with van der Waals surface area (Å²) in [7, 11) is 1.73. The van der Waals surface area contributed by atoms with Crippen LogP contribution in [0.2, 0.25) is 0 Å². The van der Waals surface area contributed by atoms with Crippen molar-refractivity contribution in [1.29, 1.82) is 5.41 Å². The number of rotatable bonds is 5. The fourth-order valence-corrected chi connectivity index (χ4v) is 5.11. The highest BCUT2D eigenvalue weighted by Gasteiger charge is 2.36. The van der Waals surface area contributed by atoms with Gasteiger partial charge in [0.1, 0.15) is 34.4 Å². The Labute approximate surface area is 227 Å². The van der Waals surface area contributed by atoms with Crippen molar-refractivity contribution in [3.8, 4) is 11.3 Å². The average Bonchev–Trinajstić information content (AvgIpc) is 3.53. The summed E-state index contributed by atoms with van der Waals surface area (Å²) in [4.78, 5) is 15.4. The Kier molecular flexibility index (Phi) is 6.17. The van der Waals surface area contributed by atoms with E-state index in [2.05, 4.69) is 30.6 Å². The van der Waals surface area contributed by atoms with Crippen molar-refractivity contribution < 1.29 is 13.9 Å². The van der Waals surface area contributed by atoms with Crippen LogP contribution in [0.1, 0.15) is 31.2 Å². The number of aliphatic hydroxyl groups is 1. The highest BCUT2D eigenvalue weighted by Crippen LogP contribution is 2.36. The molecule has 0 spiro atoms. The molecule has 0 radical (unpaired) electrons. The second-order valence-corrected chi connectivity index (χ2v) is 10.4. The second-order valence-electron chi connectivity index (χ2n) is 10.4. The standard InChI is InChI=1S/C27H28F2N10O/c1-14-18(28)10-15(11-31-14)32-26(30)27(2)6-8-39(9-7-27)25-20(13-40)33-23-22(35-36-24(23)34-25)16-4-5-19-17(21(16)29)12-38(3)37-19/h4-5,10-12,40H,6-9,13H2,1-3H3,(H2,30,32)(H,34,35,36). The third kappa shape index (κ3) is 4.31. The lowest BCUT2D eigenvalue weighted by Gasteiger charge is -2.40. The van der Waals surface area contributed by atoms with Gasteiger partial charge in [0.05, 0.1) is 35.1 Å². The molecule has 1 aliphatic heterocycles. The first-order valence-corrected chi connectivity index (χ1v) is 12.9. The van der Waals surface area contributed by atoms with Crippen LogP contribution in [0.15, 0.2) is 30.6 Å². The van der Waals surface area contributed by atoms with Crippen molar-refractivity contribution in [3.63, 3.8) is 0 Å². The number of nitrogens with one attached hydrogen (secondary N) is 3. The third-order valence-corrected chi connectivity index (χ3v) is 7.65. The van der Waals surface area contributed by atoms with E-state index in [-0.39, 0.29) is 18.0 Å². The van der Waals surface area contributed by atoms with Crippen molar-refractivity contribution in [1.82, 2.24) is 34.9 Å². The van der Waals surface area contributed by atoms with Gasteiger partial charge in [0.25, 0.3) is 0 Å². The smallest absolute Gasteiger partial charge is 0.177 e. The van der Waals surface area contributed by atoms with Crippen molar-refractivity contribution in [3.05, 3.63) is 53.6 Å². The van der Waals surface area contributed by atoms with E-state index in [1.165, 1.54) is 12.3 Å². The Morgan fingerprint density at radius 1 is 1.23 bits per heavy atom. The van der Waals surface area contributed by atoms with Crippen LogP contribution >= 0.6 is 0 Å². The van der Waals surface area contributed by atoms with E-state index in [1.807, 2.05) is 11.8 Å². The minimum Gasteiger partial charge on any atom is -0.390 e. The molecule has 13 heteroatoms. The van der Waals surface area contributed by atoms with Gasteiger partial charge in [0.2, 0.25) is 0 Å². The zero-order chi connectivity index (χ0) is 28.2. The molecule has 4 aromatic heterocycles. The molecule has 6 rings (SSSR count). The van der Waals surface area contributed by atoms with Gasteiger partial charge in [0.15, 0.2) is 11.5 Å². The normalized spacial score (nSPS) is 15.2. The summed E-state index contributed by atoms with van der Waals surface area (Å²) >= 11 is 0. The quantitative estimate of drug-likeness (QED) is 0.191. The largest absolute Gasteiger partial charge is 0.390 e. The molecule has 0 bridgehead atoms. The number of halogens is 2. The molecule has 1 fully saturated rings. The number of fused-ring (bicyclic) bond motifs is 2. The lowest BCUT2D eigenvalue weighted by Crippen LogP contribution is -2.45. The van der Waals surface area contributed by atoms with Crippen LogP contribution in [-0.2, 0) is 13.7 Å². The molecule has 0 amide bonds. The highest BCUT2D eigenvalue weighted by molar-refractivity contribution is 5.97. The first-order chi connectivity index (χ1) is 19.2. The summed E-state index contributed by atoms with van der Waals surface area (Å²) in [5, 5.41) is 33.6. The van der Waals surface area contributed by atoms with Crippen LogP contribution in [0.5, 0.6) is 0 Å². The van der Waals surface area contributed by atoms with E-state index < -0.39 is 17.0 Å². The molecule has 11 nitrogen and oxygen atoms in total. The van der Waals surface area contributed by atoms with Gasteiger partial charge in [-0.25, -0.2) is 18.7 Å². The van der Waals surface area contributed by atoms with E-state index in [0.717, 1.165) is 0 Å². The van der Waals surface area contributed by atoms with E-state index in [9.17, 15) is 9.50 Å². The Bertz CT molecular complexity index is 1770. The monoisotopic (exact) mass is 546 g/mol. The van der Waals surface area contributed by atoms with Gasteiger partial charge >= 0.3 is 0 Å². The predicted octanol–water partition coefficient (Wildman–Crippen LogP) is 4.08. The van der Waals surface area contributed by atoms with Gasteiger partial charge < -0.3 is 15.3 Å². The molecule has 0 saturated carbocycles. The molecule has 40 heavy (non-hydrogen) atoms. The summed E-state index contributed by atoms with van der Waals surface area (Å²) in [5.41, 5.74) is 2.47. The number of aromatic amines is 1. The van der Waals surface area contributed by atoms with Gasteiger partial charge in [-0.3, -0.25) is 20.2 Å². The summed E-state index contributed by atoms with van der Waals surface area (Å²) in [6.07, 6.45) is 4.37. The maximum atomic E-state index is 15.4. The molecule has 0 atom stereocenters. The number of piperidine rings is 1.